The number of amidine groups is 1. The normalized spacial score (nSPS) is 15.6. The largest absolute Gasteiger partial charge is 1.00 e. The van der Waals surface area contributed by atoms with Gasteiger partial charge in [0.1, 0.15) is 13.1 Å². The summed E-state index contributed by atoms with van der Waals surface area (Å²) >= 11 is 0. The first-order valence-electron chi connectivity index (χ1n) is 6.76. The van der Waals surface area contributed by atoms with Gasteiger partial charge in [-0.2, -0.15) is 0 Å². The Hall–Kier alpha value is -1.81. The maximum Gasteiger partial charge on any atom is -1.00 e. The predicted octanol–water partition coefficient (Wildman–Crippen LogP) is -0.797. The Balaban J connectivity index is 0.000000715. The number of morpholine rings is 1. The first-order valence-corrected chi connectivity index (χ1v) is 8.45. The first-order chi connectivity index (χ1) is 10.9. The van der Waals surface area contributed by atoms with E-state index in [-0.39, 0.29) is 10.3 Å². The van der Waals surface area contributed by atoms with E-state index in [1.165, 1.54) is 10.8 Å². The summed E-state index contributed by atoms with van der Waals surface area (Å²) in [5, 5.41) is 0. The van der Waals surface area contributed by atoms with Crippen LogP contribution in [0.4, 0.5) is 21.0 Å². The molecule has 6 nitrogen and oxygen atoms in total. The fourth-order valence-corrected chi connectivity index (χ4v) is 1.75. The molecule has 0 atom stereocenters. The van der Waals surface area contributed by atoms with Gasteiger partial charge in [0.2, 0.25) is 0 Å². The van der Waals surface area contributed by atoms with Crippen LogP contribution in [0.25, 0.3) is 0 Å². The number of hydrogen-bond donors (Lipinski definition) is 0. The van der Waals surface area contributed by atoms with Gasteiger partial charge in [-0.25, -0.2) is 9.48 Å². The Morgan fingerprint density at radius 1 is 1.16 bits per heavy atom. The van der Waals surface area contributed by atoms with Crippen molar-refractivity contribution in [1.82, 2.24) is 9.63 Å². The third-order valence-corrected chi connectivity index (χ3v) is 2.63. The molecule has 1 aliphatic heterocycles. The summed E-state index contributed by atoms with van der Waals surface area (Å²) in [4.78, 5) is 19.3. The van der Waals surface area contributed by atoms with Crippen LogP contribution >= 0.6 is 8.16 Å². The zero-order valence-electron chi connectivity index (χ0n) is 13.4. The van der Waals surface area contributed by atoms with Crippen LogP contribution in [0.1, 0.15) is 0 Å². The van der Waals surface area contributed by atoms with Crippen molar-refractivity contribution >= 4 is 14.2 Å². The van der Waals surface area contributed by atoms with E-state index in [4.69, 9.17) is 9.57 Å². The minimum absolute atomic E-state index is 0. The maximum absolute atomic E-state index is 11.6. The summed E-state index contributed by atoms with van der Waals surface area (Å²) in [5.74, 6) is 0. The second-order valence-corrected chi connectivity index (χ2v) is 6.15. The Kier molecular flexibility index (Phi) is 8.39. The summed E-state index contributed by atoms with van der Waals surface area (Å²) in [7, 11) is -4.77. The number of halogens is 6. The molecule has 1 fully saturated rings. The molecule has 25 heavy (non-hydrogen) atoms. The van der Waals surface area contributed by atoms with Gasteiger partial charge < -0.3 is 9.44 Å². The van der Waals surface area contributed by atoms with E-state index in [2.05, 4.69) is 4.90 Å². The van der Waals surface area contributed by atoms with Crippen LogP contribution in [-0.2, 0) is 4.74 Å². The molecule has 0 N–H and O–H groups in total. The average molecular weight is 397 g/mol. The average Bonchev–Trinajstić information content (AvgIpc) is 2.44. The van der Waals surface area contributed by atoms with Gasteiger partial charge in [-0.1, -0.05) is 6.07 Å². The summed E-state index contributed by atoms with van der Waals surface area (Å²) in [6.07, 6.45) is 1.60. The SMILES string of the molecule is C[N+](C)=C(On1ccccc1=O)N1CCOCC1.FP(F)(F)(F)F.[F-]. The van der Waals surface area contributed by atoms with Crippen molar-refractivity contribution in [3.63, 3.8) is 0 Å². The smallest absolute Gasteiger partial charge is 1.00 e. The molecule has 0 spiro atoms. The molecule has 2 rings (SSSR count). The van der Waals surface area contributed by atoms with Crippen molar-refractivity contribution in [2.45, 2.75) is 0 Å². The Morgan fingerprint density at radius 3 is 2.12 bits per heavy atom. The molecule has 0 aromatic carbocycles. The van der Waals surface area contributed by atoms with Crippen LogP contribution in [0.5, 0.6) is 0 Å². The first kappa shape index (κ1) is 23.2. The van der Waals surface area contributed by atoms with E-state index >= 15 is 0 Å². The number of nitrogens with zero attached hydrogens (tertiary/aromatic N) is 3. The Bertz CT molecular complexity index is 620. The number of hydrogen-bond acceptors (Lipinski definition) is 3. The summed E-state index contributed by atoms with van der Waals surface area (Å²) < 4.78 is 57.6. The van der Waals surface area contributed by atoms with Crippen molar-refractivity contribution in [2.24, 2.45) is 0 Å². The zero-order chi connectivity index (χ0) is 18.4. The molecule has 1 saturated heterocycles. The minimum Gasteiger partial charge on any atom is -1.00 e. The quantitative estimate of drug-likeness (QED) is 0.205. The van der Waals surface area contributed by atoms with E-state index in [1.54, 1.807) is 18.3 Å². The molecule has 1 aliphatic rings. The molecule has 1 aromatic heterocycles. The third kappa shape index (κ3) is 10.6. The minimum atomic E-state index is -8.55. The van der Waals surface area contributed by atoms with E-state index in [0.29, 0.717) is 19.2 Å². The summed E-state index contributed by atoms with van der Waals surface area (Å²) in [5.41, 5.74) is -0.190. The van der Waals surface area contributed by atoms with Gasteiger partial charge >= 0.3 is 35.2 Å². The van der Waals surface area contributed by atoms with Gasteiger partial charge in [0.25, 0.3) is 5.56 Å². The standard InChI is InChI=1S/C12H18N3O3.F5P.FH/c1-13(2)12(14-7-9-17-10-8-14)18-15-6-4-3-5-11(15)16;1-6(2,3,4)5;/h3-6H,7-10H2,1-2H3;;1H/q+1;;/p-1. The van der Waals surface area contributed by atoms with Gasteiger partial charge in [0.05, 0.1) is 27.3 Å². The van der Waals surface area contributed by atoms with Gasteiger partial charge in [0.15, 0.2) is 0 Å². The second kappa shape index (κ2) is 9.04. The van der Waals surface area contributed by atoms with Gasteiger partial charge in [0, 0.05) is 12.3 Å². The maximum atomic E-state index is 11.6. The number of ether oxygens (including phenoxy) is 1. The Labute approximate surface area is 139 Å². The van der Waals surface area contributed by atoms with E-state index < -0.39 is 8.16 Å². The fourth-order valence-electron chi connectivity index (χ4n) is 1.75. The summed E-state index contributed by atoms with van der Waals surface area (Å²) in [6, 6.07) is 5.55. The van der Waals surface area contributed by atoms with Crippen molar-refractivity contribution < 1.29 is 39.8 Å². The van der Waals surface area contributed by atoms with Crippen LogP contribution in [0.2, 0.25) is 0 Å². The molecular formula is C12H18F6N3O3P. The Morgan fingerprint density at radius 2 is 1.68 bits per heavy atom. The van der Waals surface area contributed by atoms with Gasteiger partial charge in [-0.15, -0.1) is 4.73 Å². The third-order valence-electron chi connectivity index (χ3n) is 2.63. The molecule has 0 bridgehead atoms. The topological polar surface area (TPSA) is 46.7 Å². The molecule has 0 saturated carbocycles. The van der Waals surface area contributed by atoms with Gasteiger partial charge in [-0.05, 0) is 6.07 Å². The predicted molar refractivity (Wildman–Crippen MR) is 79.2 cm³/mol. The monoisotopic (exact) mass is 397 g/mol. The van der Waals surface area contributed by atoms with E-state index in [0.717, 1.165) is 13.1 Å². The van der Waals surface area contributed by atoms with Crippen molar-refractivity contribution in [2.75, 3.05) is 40.4 Å². The molecule has 146 valence electrons. The van der Waals surface area contributed by atoms with Crippen molar-refractivity contribution in [1.29, 1.82) is 0 Å². The van der Waals surface area contributed by atoms with Crippen molar-refractivity contribution in [3.05, 3.63) is 34.7 Å². The van der Waals surface area contributed by atoms with Crippen LogP contribution in [-0.4, -0.2) is 60.6 Å². The van der Waals surface area contributed by atoms with E-state index in [9.17, 15) is 25.8 Å². The zero-order valence-corrected chi connectivity index (χ0v) is 14.3. The fraction of sp³-hybridized carbons (Fsp3) is 0.500. The molecule has 0 amide bonds. The van der Waals surface area contributed by atoms with Crippen molar-refractivity contribution in [3.8, 4) is 0 Å². The molecule has 0 unspecified atom stereocenters. The number of rotatable bonds is 1. The number of pyridine rings is 1. The molecule has 0 aliphatic carbocycles. The van der Waals surface area contributed by atoms with Gasteiger partial charge in [-0.3, -0.25) is 9.63 Å². The number of aromatic nitrogens is 1. The molecular weight excluding hydrogens is 379 g/mol. The van der Waals surface area contributed by atoms with Crippen LogP contribution in [0.15, 0.2) is 29.2 Å². The molecule has 13 heteroatoms. The van der Waals surface area contributed by atoms with E-state index in [1.807, 2.05) is 18.7 Å². The molecule has 0 radical (unpaired) electrons. The van der Waals surface area contributed by atoms with Crippen LogP contribution < -0.4 is 15.1 Å². The summed E-state index contributed by atoms with van der Waals surface area (Å²) in [6.45, 7) is 2.86. The van der Waals surface area contributed by atoms with Crippen LogP contribution in [0.3, 0.4) is 0 Å². The van der Waals surface area contributed by atoms with Crippen LogP contribution in [0, 0.1) is 0 Å². The molecule has 2 heterocycles. The molecule has 1 aromatic rings. The second-order valence-electron chi connectivity index (χ2n) is 4.87.